The molecular formula is C18H16FNO. The van der Waals surface area contributed by atoms with Crippen molar-refractivity contribution in [1.29, 1.82) is 0 Å². The van der Waals surface area contributed by atoms with E-state index in [2.05, 4.69) is 11.4 Å². The van der Waals surface area contributed by atoms with E-state index < -0.39 is 0 Å². The monoisotopic (exact) mass is 281 g/mol. The molecular weight excluding hydrogens is 265 g/mol. The molecule has 0 amide bonds. The zero-order valence-corrected chi connectivity index (χ0v) is 11.8. The van der Waals surface area contributed by atoms with E-state index in [1.807, 2.05) is 36.4 Å². The van der Waals surface area contributed by atoms with Crippen molar-refractivity contribution in [3.05, 3.63) is 72.0 Å². The smallest absolute Gasteiger partial charge is 0.146 e. The number of fused-ring (bicyclic) bond motifs is 1. The number of halogens is 1. The van der Waals surface area contributed by atoms with Gasteiger partial charge in [-0.2, -0.15) is 0 Å². The minimum atomic E-state index is -0.240. The van der Waals surface area contributed by atoms with E-state index in [0.29, 0.717) is 12.2 Å². The summed E-state index contributed by atoms with van der Waals surface area (Å²) in [5.41, 5.74) is 1.62. The maximum Gasteiger partial charge on any atom is 0.146 e. The van der Waals surface area contributed by atoms with Crippen LogP contribution >= 0.6 is 0 Å². The summed E-state index contributed by atoms with van der Waals surface area (Å²) in [4.78, 5) is 0. The Hall–Kier alpha value is -2.55. The van der Waals surface area contributed by atoms with E-state index in [9.17, 15) is 4.39 Å². The molecule has 0 atom stereocenters. The summed E-state index contributed by atoms with van der Waals surface area (Å²) < 4.78 is 19.0. The van der Waals surface area contributed by atoms with Gasteiger partial charge in [-0.15, -0.1) is 0 Å². The van der Waals surface area contributed by atoms with Crippen LogP contribution in [0.1, 0.15) is 5.56 Å². The molecule has 0 heterocycles. The Bertz CT molecular complexity index is 770. The van der Waals surface area contributed by atoms with Gasteiger partial charge in [-0.05, 0) is 29.1 Å². The average Bonchev–Trinajstić information content (AvgIpc) is 2.54. The molecule has 0 bridgehead atoms. The molecule has 106 valence electrons. The summed E-state index contributed by atoms with van der Waals surface area (Å²) in [5, 5.41) is 5.32. The molecule has 0 radical (unpaired) electrons. The van der Waals surface area contributed by atoms with E-state index in [-0.39, 0.29) is 5.82 Å². The molecule has 0 aromatic heterocycles. The van der Waals surface area contributed by atoms with Gasteiger partial charge in [0.1, 0.15) is 11.6 Å². The highest BCUT2D eigenvalue weighted by Gasteiger charge is 2.06. The molecule has 0 aliphatic rings. The zero-order valence-electron chi connectivity index (χ0n) is 11.8. The standard InChI is InChI=1S/C18H16FNO/c1-21-18-11-10-13(14-6-2-3-7-15(14)18)12-20-17-9-5-4-8-16(17)19/h2-11,20H,12H2,1H3. The first-order valence-electron chi connectivity index (χ1n) is 6.82. The van der Waals surface area contributed by atoms with Gasteiger partial charge in [0, 0.05) is 11.9 Å². The third kappa shape index (κ3) is 2.68. The Kier molecular flexibility index (Phi) is 3.73. The number of hydrogen-bond acceptors (Lipinski definition) is 2. The van der Waals surface area contributed by atoms with Gasteiger partial charge < -0.3 is 10.1 Å². The number of benzene rings is 3. The van der Waals surface area contributed by atoms with Gasteiger partial charge in [-0.3, -0.25) is 0 Å². The molecule has 21 heavy (non-hydrogen) atoms. The summed E-state index contributed by atoms with van der Waals surface area (Å²) in [6.45, 7) is 0.561. The van der Waals surface area contributed by atoms with Crippen LogP contribution in [0.5, 0.6) is 5.75 Å². The van der Waals surface area contributed by atoms with Crippen molar-refractivity contribution in [2.45, 2.75) is 6.54 Å². The lowest BCUT2D eigenvalue weighted by Crippen LogP contribution is -2.02. The summed E-state index contributed by atoms with van der Waals surface area (Å²) in [5.74, 6) is 0.607. The fourth-order valence-electron chi connectivity index (χ4n) is 2.46. The van der Waals surface area contributed by atoms with Crippen molar-refractivity contribution in [2.24, 2.45) is 0 Å². The Morgan fingerprint density at radius 2 is 1.62 bits per heavy atom. The highest BCUT2D eigenvalue weighted by Crippen LogP contribution is 2.28. The first-order chi connectivity index (χ1) is 10.3. The predicted octanol–water partition coefficient (Wildman–Crippen LogP) is 4.60. The van der Waals surface area contributed by atoms with Crippen LogP contribution in [0.15, 0.2) is 60.7 Å². The molecule has 3 heteroatoms. The molecule has 0 fully saturated rings. The Morgan fingerprint density at radius 1 is 0.905 bits per heavy atom. The lowest BCUT2D eigenvalue weighted by molar-refractivity contribution is 0.419. The van der Waals surface area contributed by atoms with Crippen LogP contribution in [0.3, 0.4) is 0 Å². The van der Waals surface area contributed by atoms with Crippen molar-refractivity contribution in [3.63, 3.8) is 0 Å². The zero-order chi connectivity index (χ0) is 14.7. The molecule has 0 aliphatic heterocycles. The van der Waals surface area contributed by atoms with Crippen molar-refractivity contribution in [3.8, 4) is 5.75 Å². The Labute approximate surface area is 123 Å². The first kappa shape index (κ1) is 13.4. The highest BCUT2D eigenvalue weighted by atomic mass is 19.1. The topological polar surface area (TPSA) is 21.3 Å². The van der Waals surface area contributed by atoms with Gasteiger partial charge in [0.2, 0.25) is 0 Å². The molecule has 3 aromatic carbocycles. The van der Waals surface area contributed by atoms with Crippen LogP contribution in [0.25, 0.3) is 10.8 Å². The van der Waals surface area contributed by atoms with Crippen LogP contribution in [0, 0.1) is 5.82 Å². The molecule has 0 spiro atoms. The third-order valence-electron chi connectivity index (χ3n) is 3.54. The summed E-state index contributed by atoms with van der Waals surface area (Å²) in [7, 11) is 1.67. The molecule has 3 rings (SSSR count). The third-order valence-corrected chi connectivity index (χ3v) is 3.54. The second-order valence-corrected chi connectivity index (χ2v) is 4.81. The number of anilines is 1. The summed E-state index contributed by atoms with van der Waals surface area (Å²) in [6.07, 6.45) is 0. The largest absolute Gasteiger partial charge is 0.496 e. The number of methoxy groups -OCH3 is 1. The number of rotatable bonds is 4. The number of para-hydroxylation sites is 1. The second kappa shape index (κ2) is 5.83. The van der Waals surface area contributed by atoms with Crippen LogP contribution in [0.4, 0.5) is 10.1 Å². The van der Waals surface area contributed by atoms with E-state index in [4.69, 9.17) is 4.74 Å². The van der Waals surface area contributed by atoms with Crippen LogP contribution in [0.2, 0.25) is 0 Å². The molecule has 0 unspecified atom stereocenters. The predicted molar refractivity (Wildman–Crippen MR) is 84.2 cm³/mol. The maximum atomic E-state index is 13.6. The molecule has 0 saturated carbocycles. The van der Waals surface area contributed by atoms with Gasteiger partial charge in [0.25, 0.3) is 0 Å². The Morgan fingerprint density at radius 3 is 2.38 bits per heavy atom. The van der Waals surface area contributed by atoms with E-state index in [0.717, 1.165) is 22.1 Å². The van der Waals surface area contributed by atoms with Crippen molar-refractivity contribution in [1.82, 2.24) is 0 Å². The SMILES string of the molecule is COc1ccc(CNc2ccccc2F)c2ccccc12. The van der Waals surface area contributed by atoms with Crippen LogP contribution in [-0.2, 0) is 6.54 Å². The lowest BCUT2D eigenvalue weighted by Gasteiger charge is -2.12. The van der Waals surface area contributed by atoms with E-state index >= 15 is 0 Å². The van der Waals surface area contributed by atoms with Gasteiger partial charge in [0.15, 0.2) is 0 Å². The quantitative estimate of drug-likeness (QED) is 0.754. The normalized spacial score (nSPS) is 10.6. The van der Waals surface area contributed by atoms with Gasteiger partial charge >= 0.3 is 0 Å². The minimum Gasteiger partial charge on any atom is -0.496 e. The Balaban J connectivity index is 1.93. The van der Waals surface area contributed by atoms with Gasteiger partial charge in [0.05, 0.1) is 12.8 Å². The van der Waals surface area contributed by atoms with Gasteiger partial charge in [-0.1, -0.05) is 42.5 Å². The number of ether oxygens (including phenoxy) is 1. The van der Waals surface area contributed by atoms with Crippen molar-refractivity contribution < 1.29 is 9.13 Å². The minimum absolute atomic E-state index is 0.240. The fraction of sp³-hybridized carbons (Fsp3) is 0.111. The molecule has 1 N–H and O–H groups in total. The fourth-order valence-corrected chi connectivity index (χ4v) is 2.46. The molecule has 3 aromatic rings. The maximum absolute atomic E-state index is 13.6. The van der Waals surface area contributed by atoms with Gasteiger partial charge in [-0.25, -0.2) is 4.39 Å². The summed E-state index contributed by atoms with van der Waals surface area (Å²) >= 11 is 0. The highest BCUT2D eigenvalue weighted by molar-refractivity contribution is 5.91. The summed E-state index contributed by atoms with van der Waals surface area (Å²) in [6, 6.07) is 18.7. The van der Waals surface area contributed by atoms with E-state index in [1.54, 1.807) is 19.2 Å². The van der Waals surface area contributed by atoms with E-state index in [1.165, 1.54) is 6.07 Å². The number of nitrogens with one attached hydrogen (secondary N) is 1. The first-order valence-corrected chi connectivity index (χ1v) is 6.82. The van der Waals surface area contributed by atoms with Crippen LogP contribution in [-0.4, -0.2) is 7.11 Å². The van der Waals surface area contributed by atoms with Crippen molar-refractivity contribution >= 4 is 16.5 Å². The molecule has 0 aliphatic carbocycles. The molecule has 0 saturated heterocycles. The van der Waals surface area contributed by atoms with Crippen molar-refractivity contribution in [2.75, 3.05) is 12.4 Å². The van der Waals surface area contributed by atoms with Crippen LogP contribution < -0.4 is 10.1 Å². The molecule has 2 nitrogen and oxygen atoms in total. The number of hydrogen-bond donors (Lipinski definition) is 1. The lowest BCUT2D eigenvalue weighted by atomic mass is 10.0. The average molecular weight is 281 g/mol. The second-order valence-electron chi connectivity index (χ2n) is 4.81.